The number of hydrogen-bond acceptors (Lipinski definition) is 4. The summed E-state index contributed by atoms with van der Waals surface area (Å²) in [6.07, 6.45) is 3.78. The summed E-state index contributed by atoms with van der Waals surface area (Å²) in [4.78, 5) is 12.3. The van der Waals surface area contributed by atoms with Gasteiger partial charge in [-0.25, -0.2) is 0 Å². The molecule has 1 aliphatic heterocycles. The van der Waals surface area contributed by atoms with Crippen molar-refractivity contribution in [1.82, 2.24) is 14.5 Å². The Morgan fingerprint density at radius 1 is 0.500 bits per heavy atom. The van der Waals surface area contributed by atoms with Crippen LogP contribution in [0.15, 0.2) is 198 Å². The van der Waals surface area contributed by atoms with Gasteiger partial charge in [0.05, 0.1) is 27.8 Å². The molecule has 1 aliphatic rings. The molecule has 5 heteroatoms. The van der Waals surface area contributed by atoms with E-state index in [2.05, 4.69) is 156 Å². The van der Waals surface area contributed by atoms with Crippen LogP contribution in [0.25, 0.3) is 38.8 Å². The first kappa shape index (κ1) is 30.4. The highest BCUT2D eigenvalue weighted by atomic mass is 32.2. The quantitative estimate of drug-likeness (QED) is 0.175. The molecule has 0 unspecified atom stereocenters. The lowest BCUT2D eigenvalue weighted by Crippen LogP contribution is -2.34. The largest absolute Gasteiger partial charge is 0.457 e. The van der Waals surface area contributed by atoms with E-state index in [1.165, 1.54) is 42.7 Å². The fourth-order valence-corrected chi connectivity index (χ4v) is 9.07. The van der Waals surface area contributed by atoms with E-state index in [4.69, 9.17) is 14.7 Å². The van der Waals surface area contributed by atoms with Crippen LogP contribution in [0.4, 0.5) is 0 Å². The first-order valence-electron chi connectivity index (χ1n) is 17.4. The maximum atomic E-state index is 6.69. The van der Waals surface area contributed by atoms with E-state index in [1.54, 1.807) is 0 Å². The van der Waals surface area contributed by atoms with E-state index in [0.29, 0.717) is 0 Å². The summed E-state index contributed by atoms with van der Waals surface area (Å²) in [6.45, 7) is 0. The summed E-state index contributed by atoms with van der Waals surface area (Å²) in [6, 6.07) is 61.6. The molecule has 0 amide bonds. The van der Waals surface area contributed by atoms with Crippen LogP contribution >= 0.6 is 11.8 Å². The molecule has 246 valence electrons. The van der Waals surface area contributed by atoms with Gasteiger partial charge in [-0.15, -0.1) is 0 Å². The Balaban J connectivity index is 1.05. The summed E-state index contributed by atoms with van der Waals surface area (Å²) < 4.78 is 9.01. The zero-order chi connectivity index (χ0) is 34.5. The smallest absolute Gasteiger partial charge is 0.128 e. The number of benzene rings is 6. The number of rotatable bonds is 6. The zero-order valence-electron chi connectivity index (χ0n) is 28.1. The van der Waals surface area contributed by atoms with Crippen molar-refractivity contribution in [2.45, 2.75) is 15.2 Å². The molecule has 0 saturated carbocycles. The third kappa shape index (κ3) is 4.85. The molecule has 4 heterocycles. The molecule has 6 aromatic carbocycles. The number of hydrogen-bond donors (Lipinski definition) is 0. The van der Waals surface area contributed by atoms with Crippen molar-refractivity contribution < 1.29 is 4.74 Å². The molecular formula is C47H31N3OS. The van der Waals surface area contributed by atoms with Gasteiger partial charge in [0.25, 0.3) is 0 Å². The van der Waals surface area contributed by atoms with Gasteiger partial charge in [0.2, 0.25) is 0 Å². The highest BCUT2D eigenvalue weighted by Gasteiger charge is 2.45. The van der Waals surface area contributed by atoms with Crippen LogP contribution in [0.3, 0.4) is 0 Å². The van der Waals surface area contributed by atoms with Crippen molar-refractivity contribution in [1.29, 1.82) is 0 Å². The molecule has 3 aromatic heterocycles. The predicted molar refractivity (Wildman–Crippen MR) is 211 cm³/mol. The lowest BCUT2D eigenvalue weighted by atomic mass is 9.66. The maximum absolute atomic E-state index is 6.69. The molecule has 0 fully saturated rings. The number of ether oxygens (including phenoxy) is 1. The number of pyridine rings is 2. The van der Waals surface area contributed by atoms with E-state index < -0.39 is 5.41 Å². The van der Waals surface area contributed by atoms with Crippen LogP contribution in [-0.2, 0) is 5.41 Å². The van der Waals surface area contributed by atoms with Crippen LogP contribution in [0, 0.1) is 0 Å². The van der Waals surface area contributed by atoms with Crippen molar-refractivity contribution in [3.63, 3.8) is 0 Å². The third-order valence-electron chi connectivity index (χ3n) is 10.1. The molecular weight excluding hydrogens is 655 g/mol. The van der Waals surface area contributed by atoms with Crippen molar-refractivity contribution in [2.24, 2.45) is 0 Å². The van der Waals surface area contributed by atoms with Crippen LogP contribution in [-0.4, -0.2) is 14.5 Å². The molecule has 0 spiro atoms. The lowest BCUT2D eigenvalue weighted by molar-refractivity contribution is 0.481. The average Bonchev–Trinajstić information content (AvgIpc) is 3.55. The summed E-state index contributed by atoms with van der Waals surface area (Å²) in [5, 5.41) is 2.47. The van der Waals surface area contributed by atoms with E-state index in [0.717, 1.165) is 39.7 Å². The van der Waals surface area contributed by atoms with Gasteiger partial charge in [0, 0.05) is 44.2 Å². The van der Waals surface area contributed by atoms with E-state index in [1.807, 2.05) is 48.4 Å². The third-order valence-corrected chi connectivity index (χ3v) is 11.2. The molecule has 0 saturated heterocycles. The lowest BCUT2D eigenvalue weighted by Gasteiger charge is -2.40. The van der Waals surface area contributed by atoms with E-state index in [-0.39, 0.29) is 0 Å². The fraction of sp³-hybridized carbons (Fsp3) is 0.0213. The SMILES string of the molecule is c1ccc(C2(c3cccc(Oc4cccc(-c5cc(-n6c7ccccc7c7ccccc76)ccn5)c4)c3)c3ccccc3Sc3ccccc32)nc1. The van der Waals surface area contributed by atoms with Crippen LogP contribution < -0.4 is 4.74 Å². The highest BCUT2D eigenvalue weighted by Crippen LogP contribution is 2.55. The van der Waals surface area contributed by atoms with Crippen molar-refractivity contribution in [3.8, 4) is 28.4 Å². The normalized spacial score (nSPS) is 13.1. The second-order valence-corrected chi connectivity index (χ2v) is 14.1. The molecule has 10 rings (SSSR count). The number of nitrogens with zero attached hydrogens (tertiary/aromatic N) is 3. The zero-order valence-corrected chi connectivity index (χ0v) is 28.9. The van der Waals surface area contributed by atoms with Crippen molar-refractivity contribution >= 4 is 33.6 Å². The van der Waals surface area contributed by atoms with Crippen LogP contribution in [0.5, 0.6) is 11.5 Å². The van der Waals surface area contributed by atoms with Crippen molar-refractivity contribution in [3.05, 3.63) is 211 Å². The van der Waals surface area contributed by atoms with Gasteiger partial charge < -0.3 is 9.30 Å². The van der Waals surface area contributed by atoms with E-state index in [9.17, 15) is 0 Å². The molecule has 0 radical (unpaired) electrons. The van der Waals surface area contributed by atoms with Crippen LogP contribution in [0.2, 0.25) is 0 Å². The number of fused-ring (bicyclic) bond motifs is 5. The second-order valence-electron chi connectivity index (χ2n) is 13.0. The molecule has 9 aromatic rings. The summed E-state index contributed by atoms with van der Waals surface area (Å²) in [7, 11) is 0. The monoisotopic (exact) mass is 685 g/mol. The minimum atomic E-state index is -0.627. The first-order valence-corrected chi connectivity index (χ1v) is 18.2. The Bertz CT molecular complexity index is 2670. The standard InChI is InChI=1S/C47H31N3OS/c1-5-21-42-37(17-1)38-18-2-6-22-43(38)50(42)34-26-28-48-41(31-34)32-13-11-15-35(29-32)51-36-16-12-14-33(30-36)47(46-25-9-10-27-49-46)39-19-3-7-23-44(39)52-45-24-8-4-20-40(45)47/h1-31H. The Kier molecular flexibility index (Phi) is 7.25. The topological polar surface area (TPSA) is 39.9 Å². The van der Waals surface area contributed by atoms with Crippen molar-refractivity contribution in [2.75, 3.05) is 0 Å². The Hall–Kier alpha value is -6.43. The van der Waals surface area contributed by atoms with Gasteiger partial charge in [-0.05, 0) is 89.5 Å². The van der Waals surface area contributed by atoms with Gasteiger partial charge >= 0.3 is 0 Å². The summed E-state index contributed by atoms with van der Waals surface area (Å²) >= 11 is 1.81. The summed E-state index contributed by atoms with van der Waals surface area (Å²) in [5.74, 6) is 1.50. The minimum absolute atomic E-state index is 0.627. The Labute approximate surface area is 306 Å². The van der Waals surface area contributed by atoms with E-state index >= 15 is 0 Å². The fourth-order valence-electron chi connectivity index (χ4n) is 7.88. The number of para-hydroxylation sites is 2. The van der Waals surface area contributed by atoms with Gasteiger partial charge in [0.15, 0.2) is 0 Å². The predicted octanol–water partition coefficient (Wildman–Crippen LogP) is 11.9. The minimum Gasteiger partial charge on any atom is -0.457 e. The number of aromatic nitrogens is 3. The molecule has 0 N–H and O–H groups in total. The van der Waals surface area contributed by atoms with Gasteiger partial charge in [-0.3, -0.25) is 9.97 Å². The molecule has 4 nitrogen and oxygen atoms in total. The average molecular weight is 686 g/mol. The second kappa shape index (κ2) is 12.4. The molecule has 0 aliphatic carbocycles. The first-order chi connectivity index (χ1) is 25.8. The highest BCUT2D eigenvalue weighted by molar-refractivity contribution is 7.99. The molecule has 0 bridgehead atoms. The Morgan fingerprint density at radius 2 is 1.13 bits per heavy atom. The van der Waals surface area contributed by atoms with Crippen LogP contribution in [0.1, 0.15) is 22.4 Å². The van der Waals surface area contributed by atoms with Gasteiger partial charge in [-0.1, -0.05) is 115 Å². The Morgan fingerprint density at radius 3 is 1.85 bits per heavy atom. The van der Waals surface area contributed by atoms with Gasteiger partial charge in [-0.2, -0.15) is 0 Å². The molecule has 52 heavy (non-hydrogen) atoms. The van der Waals surface area contributed by atoms with Gasteiger partial charge in [0.1, 0.15) is 11.5 Å². The maximum Gasteiger partial charge on any atom is 0.128 e. The molecule has 0 atom stereocenters. The summed E-state index contributed by atoms with van der Waals surface area (Å²) in [5.41, 5.74) is 9.13.